The van der Waals surface area contributed by atoms with Gasteiger partial charge < -0.3 is 15.5 Å². The van der Waals surface area contributed by atoms with Crippen LogP contribution in [0.15, 0.2) is 55.0 Å². The van der Waals surface area contributed by atoms with Crippen LogP contribution in [0.25, 0.3) is 0 Å². The molecule has 1 aliphatic carbocycles. The first-order valence-electron chi connectivity index (χ1n) is 12.5. The number of pyridine rings is 1. The van der Waals surface area contributed by atoms with E-state index in [4.69, 9.17) is 0 Å². The molecule has 0 radical (unpaired) electrons. The lowest BCUT2D eigenvalue weighted by atomic mass is 9.97. The summed E-state index contributed by atoms with van der Waals surface area (Å²) in [6.45, 7) is 0.877. The first-order valence-corrected chi connectivity index (χ1v) is 12.5. The molecule has 3 aromatic rings. The Labute approximate surface area is 205 Å². The summed E-state index contributed by atoms with van der Waals surface area (Å²) in [5.74, 6) is 0.00803. The molecule has 35 heavy (non-hydrogen) atoms. The van der Waals surface area contributed by atoms with Crippen molar-refractivity contribution in [3.8, 4) is 0 Å². The zero-order valence-corrected chi connectivity index (χ0v) is 20.1. The van der Waals surface area contributed by atoms with Gasteiger partial charge in [-0.05, 0) is 55.5 Å². The van der Waals surface area contributed by atoms with Crippen LogP contribution in [0.2, 0.25) is 0 Å². The van der Waals surface area contributed by atoms with Crippen molar-refractivity contribution in [2.24, 2.45) is 13.0 Å². The third-order valence-electron chi connectivity index (χ3n) is 7.01. The number of anilines is 3. The number of amides is 2. The zero-order valence-electron chi connectivity index (χ0n) is 20.1. The molecule has 0 saturated heterocycles. The van der Waals surface area contributed by atoms with Crippen molar-refractivity contribution >= 4 is 28.9 Å². The highest BCUT2D eigenvalue weighted by atomic mass is 16.2. The second kappa shape index (κ2) is 10.3. The number of aromatic nitrogens is 3. The van der Waals surface area contributed by atoms with Gasteiger partial charge in [0.2, 0.25) is 5.91 Å². The maximum atomic E-state index is 13.3. The minimum atomic E-state index is -0.602. The predicted octanol–water partition coefficient (Wildman–Crippen LogP) is 4.22. The van der Waals surface area contributed by atoms with Crippen molar-refractivity contribution < 1.29 is 9.59 Å². The van der Waals surface area contributed by atoms with E-state index in [9.17, 15) is 9.59 Å². The lowest BCUT2D eigenvalue weighted by Crippen LogP contribution is -2.44. The molecule has 3 heterocycles. The maximum absolute atomic E-state index is 13.3. The van der Waals surface area contributed by atoms with Crippen LogP contribution in [0.3, 0.4) is 0 Å². The number of fused-ring (bicyclic) bond motifs is 1. The molecule has 8 nitrogen and oxygen atoms in total. The number of hydrogen-bond acceptors (Lipinski definition) is 5. The summed E-state index contributed by atoms with van der Waals surface area (Å²) in [7, 11) is 1.80. The molecule has 2 N–H and O–H groups in total. The molecule has 0 spiro atoms. The maximum Gasteiger partial charge on any atom is 0.252 e. The molecule has 2 aliphatic rings. The average molecular weight is 473 g/mol. The molecule has 1 aromatic carbocycles. The van der Waals surface area contributed by atoms with E-state index in [1.807, 2.05) is 30.5 Å². The molecule has 5 rings (SSSR count). The van der Waals surface area contributed by atoms with Crippen LogP contribution >= 0.6 is 0 Å². The van der Waals surface area contributed by atoms with E-state index in [0.717, 1.165) is 49.3 Å². The van der Waals surface area contributed by atoms with Crippen LogP contribution < -0.4 is 15.5 Å². The summed E-state index contributed by atoms with van der Waals surface area (Å²) in [4.78, 5) is 33.2. The summed E-state index contributed by atoms with van der Waals surface area (Å²) >= 11 is 0. The van der Waals surface area contributed by atoms with Crippen molar-refractivity contribution in [3.05, 3.63) is 66.2 Å². The first-order chi connectivity index (χ1) is 17.1. The molecule has 8 heteroatoms. The van der Waals surface area contributed by atoms with Crippen LogP contribution in [-0.2, 0) is 18.3 Å². The fourth-order valence-electron chi connectivity index (χ4n) is 5.24. The number of benzene rings is 1. The van der Waals surface area contributed by atoms with Gasteiger partial charge in [-0.2, -0.15) is 5.10 Å². The summed E-state index contributed by atoms with van der Waals surface area (Å²) < 4.78 is 1.64. The van der Waals surface area contributed by atoms with E-state index in [0.29, 0.717) is 23.6 Å². The molecule has 2 amide bonds. The van der Waals surface area contributed by atoms with Gasteiger partial charge in [0.15, 0.2) is 0 Å². The molecule has 1 fully saturated rings. The summed E-state index contributed by atoms with van der Waals surface area (Å²) in [6, 6.07) is 11.0. The number of carbonyl (C=O) groups excluding carboxylic acids is 2. The Hall–Kier alpha value is -3.68. The average Bonchev–Trinajstić information content (AvgIpc) is 3.54. The minimum Gasteiger partial charge on any atom is -0.340 e. The van der Waals surface area contributed by atoms with E-state index in [1.54, 1.807) is 30.2 Å². The second-order valence-electron chi connectivity index (χ2n) is 9.58. The summed E-state index contributed by atoms with van der Waals surface area (Å²) in [6.07, 6.45) is 12.4. The van der Waals surface area contributed by atoms with Crippen molar-refractivity contribution in [1.29, 1.82) is 0 Å². The van der Waals surface area contributed by atoms with E-state index in [-0.39, 0.29) is 11.8 Å². The standard InChI is InChI=1S/C27H32N6O2/c1-32-18-21(17-29-32)30-27(35)24(15-19-7-2-3-8-19)31-26(34)20-9-4-10-22(16-20)33-14-6-11-23-25(33)12-5-13-28-23/h4-5,9-10,12-13,16-19,24H,2-3,6-8,11,14-15H2,1H3,(H,30,35)(H,31,34)/t24-/m0/s1. The van der Waals surface area contributed by atoms with E-state index < -0.39 is 6.04 Å². The van der Waals surface area contributed by atoms with Crippen molar-refractivity contribution in [3.63, 3.8) is 0 Å². The minimum absolute atomic E-state index is 0.203. The normalized spacial score (nSPS) is 16.5. The highest BCUT2D eigenvalue weighted by Gasteiger charge is 2.28. The van der Waals surface area contributed by atoms with Crippen LogP contribution in [0.5, 0.6) is 0 Å². The zero-order chi connectivity index (χ0) is 24.2. The summed E-state index contributed by atoms with van der Waals surface area (Å²) in [5.41, 5.74) is 4.30. The van der Waals surface area contributed by atoms with E-state index in [1.165, 1.54) is 12.8 Å². The van der Waals surface area contributed by atoms with Gasteiger partial charge in [0.1, 0.15) is 6.04 Å². The topological polar surface area (TPSA) is 92.2 Å². The van der Waals surface area contributed by atoms with Crippen molar-refractivity contribution in [1.82, 2.24) is 20.1 Å². The van der Waals surface area contributed by atoms with E-state index in [2.05, 4.69) is 31.7 Å². The molecule has 1 saturated carbocycles. The fraction of sp³-hybridized carbons (Fsp3) is 0.407. The number of nitrogens with one attached hydrogen (secondary N) is 2. The third kappa shape index (κ3) is 5.37. The molecular weight excluding hydrogens is 440 g/mol. The Morgan fingerprint density at radius 2 is 2.00 bits per heavy atom. The number of aryl methyl sites for hydroxylation is 2. The van der Waals surface area contributed by atoms with Gasteiger partial charge in [-0.15, -0.1) is 0 Å². The van der Waals surface area contributed by atoms with Gasteiger partial charge in [-0.1, -0.05) is 31.7 Å². The van der Waals surface area contributed by atoms with Crippen LogP contribution in [-0.4, -0.2) is 39.2 Å². The number of rotatable bonds is 7. The van der Waals surface area contributed by atoms with Gasteiger partial charge >= 0.3 is 0 Å². The van der Waals surface area contributed by atoms with Gasteiger partial charge in [-0.25, -0.2) is 0 Å². The Morgan fingerprint density at radius 3 is 2.80 bits per heavy atom. The van der Waals surface area contributed by atoms with Crippen LogP contribution in [0.1, 0.15) is 54.6 Å². The highest BCUT2D eigenvalue weighted by Crippen LogP contribution is 2.33. The second-order valence-corrected chi connectivity index (χ2v) is 9.58. The van der Waals surface area contributed by atoms with Gasteiger partial charge in [0.25, 0.3) is 5.91 Å². The molecule has 1 aliphatic heterocycles. The predicted molar refractivity (Wildman–Crippen MR) is 136 cm³/mol. The van der Waals surface area contributed by atoms with Crippen molar-refractivity contribution in [2.75, 3.05) is 16.8 Å². The van der Waals surface area contributed by atoms with Crippen molar-refractivity contribution in [2.45, 2.75) is 51.0 Å². The summed E-state index contributed by atoms with van der Waals surface area (Å²) in [5, 5.41) is 10.1. The quantitative estimate of drug-likeness (QED) is 0.537. The van der Waals surface area contributed by atoms with Gasteiger partial charge in [-0.3, -0.25) is 19.3 Å². The number of hydrogen-bond donors (Lipinski definition) is 2. The van der Waals surface area contributed by atoms with E-state index >= 15 is 0 Å². The molecule has 0 bridgehead atoms. The number of nitrogens with zero attached hydrogens (tertiary/aromatic N) is 4. The molecule has 1 atom stereocenters. The van der Waals surface area contributed by atoms with Crippen LogP contribution in [0.4, 0.5) is 17.1 Å². The monoisotopic (exact) mass is 472 g/mol. The highest BCUT2D eigenvalue weighted by molar-refractivity contribution is 6.01. The van der Waals surface area contributed by atoms with Crippen LogP contribution in [0, 0.1) is 5.92 Å². The Balaban J connectivity index is 1.33. The Bertz CT molecular complexity index is 1200. The Kier molecular flexibility index (Phi) is 6.79. The lowest BCUT2D eigenvalue weighted by molar-refractivity contribution is -0.118. The molecule has 0 unspecified atom stereocenters. The molecule has 2 aromatic heterocycles. The van der Waals surface area contributed by atoms with Gasteiger partial charge in [0, 0.05) is 37.2 Å². The third-order valence-corrected chi connectivity index (χ3v) is 7.01. The SMILES string of the molecule is Cn1cc(NC(=O)[C@H](CC2CCCC2)NC(=O)c2cccc(N3CCCc4ncccc43)c2)cn1. The lowest BCUT2D eigenvalue weighted by Gasteiger charge is -2.30. The number of carbonyl (C=O) groups is 2. The smallest absolute Gasteiger partial charge is 0.252 e. The first kappa shape index (κ1) is 23.1. The molecule has 182 valence electrons. The Morgan fingerprint density at radius 1 is 1.14 bits per heavy atom. The fourth-order valence-corrected chi connectivity index (χ4v) is 5.24. The van der Waals surface area contributed by atoms with Gasteiger partial charge in [0.05, 0.1) is 23.3 Å². The molecular formula is C27H32N6O2. The largest absolute Gasteiger partial charge is 0.340 e.